The number of carbonyl (C=O) groups is 1. The Labute approximate surface area is 189 Å². The lowest BCUT2D eigenvalue weighted by atomic mass is 9.65. The topological polar surface area (TPSA) is 69.2 Å². The summed E-state index contributed by atoms with van der Waals surface area (Å²) in [4.78, 5) is 16.9. The van der Waals surface area contributed by atoms with Gasteiger partial charge in [0.25, 0.3) is 0 Å². The Bertz CT molecular complexity index is 801. The van der Waals surface area contributed by atoms with Crippen LogP contribution in [0.15, 0.2) is 28.7 Å². The molecule has 0 bridgehead atoms. The molecule has 31 heavy (non-hydrogen) atoms. The van der Waals surface area contributed by atoms with E-state index in [-0.39, 0.29) is 6.04 Å². The number of allylic oxidation sites excluding steroid dienone is 2. The molecular formula is C23H39BN2O4Si. The van der Waals surface area contributed by atoms with Crippen molar-refractivity contribution in [3.05, 3.63) is 23.7 Å². The summed E-state index contributed by atoms with van der Waals surface area (Å²) in [5.41, 5.74) is -0.604. The second-order valence-electron chi connectivity index (χ2n) is 11.7. The first-order chi connectivity index (χ1) is 14.1. The number of hydrogen-bond donors (Lipinski definition) is 1. The zero-order chi connectivity index (χ0) is 23.3. The molecular weight excluding hydrogens is 407 g/mol. The molecule has 1 N–H and O–H groups in total. The maximum atomic E-state index is 12.1. The normalized spacial score (nSPS) is 34.2. The maximum absolute atomic E-state index is 12.1. The molecule has 1 fully saturated rings. The second-order valence-corrected chi connectivity index (χ2v) is 17.4. The lowest BCUT2D eigenvalue weighted by molar-refractivity contribution is -0.103. The Hall–Kier alpha value is -1.06. The van der Waals surface area contributed by atoms with Gasteiger partial charge in [0.15, 0.2) is 6.29 Å². The van der Waals surface area contributed by atoms with Crippen LogP contribution in [0.2, 0.25) is 25.7 Å². The maximum Gasteiger partial charge on any atom is 0.494 e. The van der Waals surface area contributed by atoms with Crippen LogP contribution >= 0.6 is 0 Å². The van der Waals surface area contributed by atoms with Gasteiger partial charge in [0.1, 0.15) is 5.66 Å². The van der Waals surface area contributed by atoms with Crippen LogP contribution in [0, 0.1) is 5.41 Å². The van der Waals surface area contributed by atoms with E-state index in [0.29, 0.717) is 12.3 Å². The molecule has 8 heteroatoms. The van der Waals surface area contributed by atoms with Crippen molar-refractivity contribution in [1.29, 1.82) is 0 Å². The Morgan fingerprint density at radius 1 is 1.16 bits per heavy atom. The van der Waals surface area contributed by atoms with Gasteiger partial charge in [-0.05, 0) is 53.1 Å². The van der Waals surface area contributed by atoms with Gasteiger partial charge < -0.3 is 14.0 Å². The molecule has 3 rings (SSSR count). The highest BCUT2D eigenvalue weighted by Gasteiger charge is 2.54. The first-order valence-corrected chi connectivity index (χ1v) is 15.0. The van der Waals surface area contributed by atoms with Crippen LogP contribution in [0.3, 0.4) is 0 Å². The number of aldehydes is 1. The van der Waals surface area contributed by atoms with E-state index in [0.717, 1.165) is 24.4 Å². The number of nitrogens with zero attached hydrogens (tertiary/aromatic N) is 1. The molecule has 0 aromatic carbocycles. The van der Waals surface area contributed by atoms with Gasteiger partial charge >= 0.3 is 7.12 Å². The van der Waals surface area contributed by atoms with E-state index in [9.17, 15) is 4.79 Å². The first kappa shape index (κ1) is 24.6. The van der Waals surface area contributed by atoms with Crippen LogP contribution in [0.1, 0.15) is 41.5 Å². The Morgan fingerprint density at radius 3 is 2.32 bits per heavy atom. The standard InChI is InChI=1S/C23H39BN2O4Si/c1-20(2)21(3,4)30-24(29-20)17-10-11-18-22(5,14-17)19(15-27)26-23(6,25-18)16-28-12-13-31(7,8)9/h10-11,14-15,18,25H,12-13,16H2,1-9H3/t18-,22-,23?/m1/s1. The van der Waals surface area contributed by atoms with E-state index in [4.69, 9.17) is 19.0 Å². The van der Waals surface area contributed by atoms with Gasteiger partial charge in [0, 0.05) is 26.1 Å². The van der Waals surface area contributed by atoms with Crippen LogP contribution in [0.4, 0.5) is 0 Å². The van der Waals surface area contributed by atoms with Gasteiger partial charge in [-0.25, -0.2) is 0 Å². The number of rotatable bonds is 7. The summed E-state index contributed by atoms with van der Waals surface area (Å²) in [6.07, 6.45) is 7.10. The van der Waals surface area contributed by atoms with E-state index in [1.165, 1.54) is 0 Å². The van der Waals surface area contributed by atoms with Gasteiger partial charge in [-0.15, -0.1) is 0 Å². The minimum absolute atomic E-state index is 0.0676. The largest absolute Gasteiger partial charge is 0.494 e. The third-order valence-electron chi connectivity index (χ3n) is 7.00. The molecule has 3 aliphatic rings. The first-order valence-electron chi connectivity index (χ1n) is 11.3. The molecule has 6 nitrogen and oxygen atoms in total. The molecule has 172 valence electrons. The number of nitrogens with one attached hydrogen (secondary N) is 1. The predicted octanol–water partition coefficient (Wildman–Crippen LogP) is 3.80. The minimum Gasteiger partial charge on any atom is -0.399 e. The molecule has 2 heterocycles. The molecule has 1 saturated heterocycles. The van der Waals surface area contributed by atoms with Crippen LogP contribution < -0.4 is 5.32 Å². The summed E-state index contributed by atoms with van der Waals surface area (Å²) >= 11 is 0. The highest BCUT2D eigenvalue weighted by molar-refractivity contribution is 6.76. The summed E-state index contributed by atoms with van der Waals surface area (Å²) in [5, 5.41) is 3.60. The number of carbonyl (C=O) groups excluding carboxylic acids is 1. The number of hydrogen-bond acceptors (Lipinski definition) is 6. The monoisotopic (exact) mass is 446 g/mol. The van der Waals surface area contributed by atoms with Crippen molar-refractivity contribution in [2.45, 2.75) is 90.1 Å². The molecule has 0 radical (unpaired) electrons. The molecule has 1 unspecified atom stereocenters. The van der Waals surface area contributed by atoms with Gasteiger partial charge in [0.2, 0.25) is 0 Å². The minimum atomic E-state index is -1.15. The molecule has 0 amide bonds. The van der Waals surface area contributed by atoms with Crippen LogP contribution in [-0.2, 0) is 18.8 Å². The summed E-state index contributed by atoms with van der Waals surface area (Å²) in [5.74, 6) is 0. The fourth-order valence-corrected chi connectivity index (χ4v) is 4.84. The smallest absolute Gasteiger partial charge is 0.399 e. The van der Waals surface area contributed by atoms with Gasteiger partial charge in [-0.3, -0.25) is 15.1 Å². The summed E-state index contributed by atoms with van der Waals surface area (Å²) < 4.78 is 18.4. The molecule has 0 aromatic heterocycles. The van der Waals surface area contributed by atoms with Crippen molar-refractivity contribution in [2.75, 3.05) is 13.2 Å². The van der Waals surface area contributed by atoms with Crippen molar-refractivity contribution in [3.63, 3.8) is 0 Å². The van der Waals surface area contributed by atoms with E-state index < -0.39 is 37.5 Å². The highest BCUT2D eigenvalue weighted by atomic mass is 28.3. The van der Waals surface area contributed by atoms with Gasteiger partial charge in [0.05, 0.1) is 23.5 Å². The van der Waals surface area contributed by atoms with Gasteiger partial charge in [-0.2, -0.15) is 0 Å². The fraction of sp³-hybridized carbons (Fsp3) is 0.739. The Kier molecular flexibility index (Phi) is 6.39. The van der Waals surface area contributed by atoms with Crippen molar-refractivity contribution in [1.82, 2.24) is 5.32 Å². The van der Waals surface area contributed by atoms with E-state index in [1.807, 2.05) is 47.6 Å². The second kappa shape index (κ2) is 8.06. The predicted molar refractivity (Wildman–Crippen MR) is 129 cm³/mol. The molecule has 0 aromatic rings. The Morgan fingerprint density at radius 2 is 1.77 bits per heavy atom. The molecule has 3 atom stereocenters. The molecule has 0 spiro atoms. The van der Waals surface area contributed by atoms with Crippen molar-refractivity contribution < 1.29 is 18.8 Å². The third kappa shape index (κ3) is 4.98. The third-order valence-corrected chi connectivity index (χ3v) is 8.70. The van der Waals surface area contributed by atoms with Crippen LogP contribution in [-0.4, -0.2) is 63.3 Å². The number of fused-ring (bicyclic) bond motifs is 1. The lowest BCUT2D eigenvalue weighted by Crippen LogP contribution is -2.62. The Balaban J connectivity index is 1.80. The fourth-order valence-electron chi connectivity index (χ4n) is 4.08. The zero-order valence-electron chi connectivity index (χ0n) is 20.7. The quantitative estimate of drug-likeness (QED) is 0.366. The molecule has 0 saturated carbocycles. The summed E-state index contributed by atoms with van der Waals surface area (Å²) in [6, 6.07) is 1.04. The van der Waals surface area contributed by atoms with Crippen LogP contribution in [0.5, 0.6) is 0 Å². The van der Waals surface area contributed by atoms with E-state index in [1.54, 1.807) is 0 Å². The lowest BCUT2D eigenvalue weighted by Gasteiger charge is -2.46. The number of aliphatic imine (C=N–C) groups is 1. The van der Waals surface area contributed by atoms with Crippen molar-refractivity contribution in [3.8, 4) is 0 Å². The van der Waals surface area contributed by atoms with E-state index >= 15 is 0 Å². The van der Waals surface area contributed by atoms with Gasteiger partial charge in [-0.1, -0.05) is 37.9 Å². The molecule has 2 aliphatic heterocycles. The molecule has 1 aliphatic carbocycles. The highest BCUT2D eigenvalue weighted by Crippen LogP contribution is 2.42. The average molecular weight is 446 g/mol. The zero-order valence-corrected chi connectivity index (χ0v) is 21.7. The van der Waals surface area contributed by atoms with E-state index in [2.05, 4.69) is 37.1 Å². The average Bonchev–Trinajstić information content (AvgIpc) is 2.85. The SMILES string of the molecule is CC1(COCC[Si](C)(C)C)N=C(C=O)[C@]2(C)C=C(B3OC(C)(C)C(C)(C)O3)C=C[C@H]2N1. The van der Waals surface area contributed by atoms with Crippen molar-refractivity contribution >= 4 is 27.2 Å². The van der Waals surface area contributed by atoms with Crippen LogP contribution in [0.25, 0.3) is 0 Å². The summed E-state index contributed by atoms with van der Waals surface area (Å²) in [7, 11) is -1.62. The number of ether oxygens (including phenoxy) is 1. The van der Waals surface area contributed by atoms with Crippen molar-refractivity contribution in [2.24, 2.45) is 10.4 Å². The summed E-state index contributed by atoms with van der Waals surface area (Å²) in [6.45, 7) is 20.4.